The second-order valence-corrected chi connectivity index (χ2v) is 6.86. The Balaban J connectivity index is 1.29. The number of piperazine rings is 1. The van der Waals surface area contributed by atoms with Crippen LogP contribution in [0.3, 0.4) is 0 Å². The van der Waals surface area contributed by atoms with Crippen molar-refractivity contribution in [1.29, 1.82) is 0 Å². The molecule has 0 aliphatic carbocycles. The van der Waals surface area contributed by atoms with Crippen LogP contribution in [0.15, 0.2) is 60.7 Å². The summed E-state index contributed by atoms with van der Waals surface area (Å²) in [6, 6.07) is 17.7. The minimum Gasteiger partial charge on any atom is -0.497 e. The van der Waals surface area contributed by atoms with E-state index in [1.54, 1.807) is 7.11 Å². The molecule has 1 saturated heterocycles. The van der Waals surface area contributed by atoms with E-state index < -0.39 is 0 Å². The van der Waals surface area contributed by atoms with Crippen LogP contribution in [0.5, 0.6) is 11.5 Å². The van der Waals surface area contributed by atoms with Gasteiger partial charge in [0.25, 0.3) is 0 Å². The summed E-state index contributed by atoms with van der Waals surface area (Å²) in [6.07, 6.45) is 4.32. The molecule has 6 nitrogen and oxygen atoms in total. The second-order valence-electron chi connectivity index (χ2n) is 6.86. The number of nitrogens with one attached hydrogen (secondary N) is 1. The van der Waals surface area contributed by atoms with E-state index in [1.807, 2.05) is 47.4 Å². The average molecular weight is 396 g/mol. The molecule has 2 aromatic rings. The van der Waals surface area contributed by atoms with E-state index in [0.717, 1.165) is 44.2 Å². The molecule has 29 heavy (non-hydrogen) atoms. The minimum absolute atomic E-state index is 0.0252. The Bertz CT molecular complexity index is 770. The number of carbonyl (C=O) groups excluding carboxylic acids is 1. The van der Waals surface area contributed by atoms with Gasteiger partial charge in [-0.05, 0) is 29.8 Å². The molecule has 0 bridgehead atoms. The Kier molecular flexibility index (Phi) is 7.95. The fourth-order valence-corrected chi connectivity index (χ4v) is 3.15. The molecule has 1 N–H and O–H groups in total. The number of nitrogens with zero attached hydrogens (tertiary/aromatic N) is 2. The van der Waals surface area contributed by atoms with Gasteiger partial charge < -0.3 is 19.7 Å². The maximum Gasteiger partial charge on any atom is 0.317 e. The van der Waals surface area contributed by atoms with Crippen LogP contribution in [0.25, 0.3) is 6.08 Å². The number of hydrogen-bond acceptors (Lipinski definition) is 4. The fourth-order valence-electron chi connectivity index (χ4n) is 3.15. The molecule has 0 saturated carbocycles. The lowest BCUT2D eigenvalue weighted by Crippen LogP contribution is -2.52. The van der Waals surface area contributed by atoms with Crippen LogP contribution in [0.4, 0.5) is 4.79 Å². The van der Waals surface area contributed by atoms with E-state index in [9.17, 15) is 4.79 Å². The molecule has 2 amide bonds. The van der Waals surface area contributed by atoms with E-state index in [-0.39, 0.29) is 6.03 Å². The van der Waals surface area contributed by atoms with E-state index in [4.69, 9.17) is 9.47 Å². The quantitative estimate of drug-likeness (QED) is 0.698. The van der Waals surface area contributed by atoms with Crippen LogP contribution in [-0.4, -0.2) is 68.8 Å². The predicted molar refractivity (Wildman–Crippen MR) is 115 cm³/mol. The van der Waals surface area contributed by atoms with Gasteiger partial charge in [0.15, 0.2) is 0 Å². The molecule has 154 valence electrons. The third-order valence-corrected chi connectivity index (χ3v) is 4.84. The lowest BCUT2D eigenvalue weighted by molar-refractivity contribution is 0.145. The molecule has 1 aliphatic heterocycles. The highest BCUT2D eigenvalue weighted by atomic mass is 16.5. The smallest absolute Gasteiger partial charge is 0.317 e. The Morgan fingerprint density at radius 2 is 1.69 bits per heavy atom. The third-order valence-electron chi connectivity index (χ3n) is 4.84. The summed E-state index contributed by atoms with van der Waals surface area (Å²) >= 11 is 0. The van der Waals surface area contributed by atoms with Crippen molar-refractivity contribution in [3.8, 4) is 11.5 Å². The van der Waals surface area contributed by atoms with Crippen molar-refractivity contribution in [2.45, 2.75) is 0 Å². The van der Waals surface area contributed by atoms with Gasteiger partial charge in [0.1, 0.15) is 18.1 Å². The molecule has 3 rings (SSSR count). The van der Waals surface area contributed by atoms with Crippen molar-refractivity contribution < 1.29 is 14.3 Å². The van der Waals surface area contributed by atoms with E-state index in [0.29, 0.717) is 13.2 Å². The summed E-state index contributed by atoms with van der Waals surface area (Å²) < 4.78 is 10.8. The summed E-state index contributed by atoms with van der Waals surface area (Å²) in [5.41, 5.74) is 1.21. The number of methoxy groups -OCH3 is 1. The first-order valence-corrected chi connectivity index (χ1v) is 9.98. The first-order valence-electron chi connectivity index (χ1n) is 9.98. The molecule has 0 unspecified atom stereocenters. The van der Waals surface area contributed by atoms with E-state index in [1.165, 1.54) is 5.56 Å². The van der Waals surface area contributed by atoms with Crippen molar-refractivity contribution in [3.63, 3.8) is 0 Å². The van der Waals surface area contributed by atoms with Gasteiger partial charge in [-0.1, -0.05) is 42.5 Å². The third kappa shape index (κ3) is 6.84. The molecule has 2 aromatic carbocycles. The van der Waals surface area contributed by atoms with Crippen LogP contribution in [-0.2, 0) is 0 Å². The van der Waals surface area contributed by atoms with Crippen molar-refractivity contribution in [3.05, 3.63) is 66.2 Å². The summed E-state index contributed by atoms with van der Waals surface area (Å²) in [5.74, 6) is 1.55. The molecular weight excluding hydrogens is 366 g/mol. The lowest BCUT2D eigenvalue weighted by Gasteiger charge is -2.34. The number of carbonyl (C=O) groups is 1. The zero-order valence-corrected chi connectivity index (χ0v) is 16.9. The molecule has 6 heteroatoms. The summed E-state index contributed by atoms with van der Waals surface area (Å²) in [5, 5.41) is 2.93. The maximum atomic E-state index is 12.3. The van der Waals surface area contributed by atoms with Crippen LogP contribution in [0, 0.1) is 0 Å². The largest absolute Gasteiger partial charge is 0.497 e. The Labute approximate surface area is 172 Å². The average Bonchev–Trinajstić information content (AvgIpc) is 2.78. The SMILES string of the molecule is COc1ccc(OCCNC(=O)N2CCN(C/C=C/c3ccccc3)CC2)cc1. The minimum atomic E-state index is -0.0252. The molecule has 0 radical (unpaired) electrons. The molecule has 0 atom stereocenters. The van der Waals surface area contributed by atoms with Crippen molar-refractivity contribution >= 4 is 12.1 Å². The van der Waals surface area contributed by atoms with Gasteiger partial charge in [-0.3, -0.25) is 4.90 Å². The van der Waals surface area contributed by atoms with E-state index >= 15 is 0 Å². The van der Waals surface area contributed by atoms with Crippen molar-refractivity contribution in [2.24, 2.45) is 0 Å². The molecule has 1 fully saturated rings. The lowest BCUT2D eigenvalue weighted by atomic mass is 10.2. The Morgan fingerprint density at radius 3 is 2.38 bits per heavy atom. The van der Waals surface area contributed by atoms with Gasteiger partial charge in [0.05, 0.1) is 13.7 Å². The number of urea groups is 1. The Hall–Kier alpha value is -2.99. The molecule has 1 heterocycles. The monoisotopic (exact) mass is 395 g/mol. The number of ether oxygens (including phenoxy) is 2. The first-order chi connectivity index (χ1) is 14.2. The van der Waals surface area contributed by atoms with Gasteiger partial charge >= 0.3 is 6.03 Å². The topological polar surface area (TPSA) is 54.0 Å². The molecule has 1 aliphatic rings. The molecule has 0 spiro atoms. The predicted octanol–water partition coefficient (Wildman–Crippen LogP) is 3.11. The summed E-state index contributed by atoms with van der Waals surface area (Å²) in [4.78, 5) is 16.5. The van der Waals surface area contributed by atoms with E-state index in [2.05, 4.69) is 34.5 Å². The van der Waals surface area contributed by atoms with Crippen LogP contribution in [0.2, 0.25) is 0 Å². The van der Waals surface area contributed by atoms with Gasteiger partial charge in [-0.15, -0.1) is 0 Å². The normalized spacial score (nSPS) is 14.7. The number of hydrogen-bond donors (Lipinski definition) is 1. The maximum absolute atomic E-state index is 12.3. The zero-order valence-electron chi connectivity index (χ0n) is 16.9. The highest BCUT2D eigenvalue weighted by Gasteiger charge is 2.19. The van der Waals surface area contributed by atoms with Gasteiger partial charge in [0.2, 0.25) is 0 Å². The van der Waals surface area contributed by atoms with Crippen LogP contribution in [0.1, 0.15) is 5.56 Å². The van der Waals surface area contributed by atoms with Crippen LogP contribution < -0.4 is 14.8 Å². The zero-order chi connectivity index (χ0) is 20.3. The first kappa shape index (κ1) is 20.7. The highest BCUT2D eigenvalue weighted by molar-refractivity contribution is 5.74. The Morgan fingerprint density at radius 1 is 1.00 bits per heavy atom. The van der Waals surface area contributed by atoms with Gasteiger partial charge in [-0.2, -0.15) is 0 Å². The fraction of sp³-hybridized carbons (Fsp3) is 0.348. The molecule has 0 aromatic heterocycles. The number of benzene rings is 2. The summed E-state index contributed by atoms with van der Waals surface area (Å²) in [7, 11) is 1.63. The van der Waals surface area contributed by atoms with Crippen molar-refractivity contribution in [1.82, 2.24) is 15.1 Å². The standard InChI is InChI=1S/C23H29N3O3/c1-28-21-9-11-22(12-10-21)29-19-13-24-23(27)26-17-15-25(16-18-26)14-5-8-20-6-3-2-4-7-20/h2-12H,13-19H2,1H3,(H,24,27)/b8-5+. The van der Waals surface area contributed by atoms with Gasteiger partial charge in [0, 0.05) is 32.7 Å². The number of rotatable bonds is 8. The summed E-state index contributed by atoms with van der Waals surface area (Å²) in [6.45, 7) is 5.06. The molecular formula is C23H29N3O3. The van der Waals surface area contributed by atoms with Gasteiger partial charge in [-0.25, -0.2) is 4.79 Å². The van der Waals surface area contributed by atoms with Crippen LogP contribution >= 0.6 is 0 Å². The van der Waals surface area contributed by atoms with Crippen molar-refractivity contribution in [2.75, 3.05) is 53.0 Å². The highest BCUT2D eigenvalue weighted by Crippen LogP contribution is 2.16. The number of amides is 2. The second kappa shape index (κ2) is 11.1.